The Morgan fingerprint density at radius 1 is 0.891 bits per heavy atom. The highest BCUT2D eigenvalue weighted by Gasteiger charge is 2.50. The van der Waals surface area contributed by atoms with E-state index in [1.807, 2.05) is 12.1 Å². The predicted molar refractivity (Wildman–Crippen MR) is 258 cm³/mol. The van der Waals surface area contributed by atoms with Gasteiger partial charge in [0, 0.05) is 43.1 Å². The number of pyridine rings is 1. The maximum Gasteiger partial charge on any atom is 0.319 e. The molecule has 7 rings (SSSR count). The lowest BCUT2D eigenvalue weighted by atomic mass is 9.95. The maximum atomic E-state index is 18.0. The van der Waals surface area contributed by atoms with Crippen molar-refractivity contribution in [1.82, 2.24) is 25.3 Å². The van der Waals surface area contributed by atoms with E-state index in [0.717, 1.165) is 19.4 Å². The van der Waals surface area contributed by atoms with Crippen LogP contribution in [-0.4, -0.2) is 80.1 Å². The zero-order chi connectivity index (χ0) is 46.5. The van der Waals surface area contributed by atoms with Crippen molar-refractivity contribution in [3.8, 4) is 34.5 Å². The minimum absolute atomic E-state index is 0.0466. The highest BCUT2D eigenvalue weighted by atomic mass is 28.4. The van der Waals surface area contributed by atoms with Gasteiger partial charge < -0.3 is 9.16 Å². The van der Waals surface area contributed by atoms with E-state index in [1.165, 1.54) is 12.3 Å². The molecule has 2 aromatic heterocycles. The van der Waals surface area contributed by atoms with Crippen LogP contribution in [0.25, 0.3) is 32.9 Å². The average Bonchev–Trinajstić information content (AvgIpc) is 3.66. The molecule has 0 spiro atoms. The van der Waals surface area contributed by atoms with E-state index < -0.39 is 39.7 Å². The summed E-state index contributed by atoms with van der Waals surface area (Å²) in [6.45, 7) is 28.3. The van der Waals surface area contributed by atoms with Gasteiger partial charge in [0.2, 0.25) is 5.91 Å². The molecule has 4 aromatic rings. The van der Waals surface area contributed by atoms with Crippen LogP contribution in [0.15, 0.2) is 30.5 Å². The molecule has 0 radical (unpaired) electrons. The molecule has 3 aliphatic heterocycles. The number of anilines is 1. The second-order valence-electron chi connectivity index (χ2n) is 20.6. The molecule has 3 fully saturated rings. The Balaban J connectivity index is 1.49. The first-order chi connectivity index (χ1) is 30.2. The monoisotopic (exact) mass is 914 g/mol. The first kappa shape index (κ1) is 47.8. The second-order valence-corrected chi connectivity index (χ2v) is 31.5. The number of alkyl halides is 1. The Hall–Kier alpha value is -4.20. The number of rotatable bonds is 13. The number of nitrogens with one attached hydrogen (secondary N) is 1. The maximum absolute atomic E-state index is 18.0. The third kappa shape index (κ3) is 8.54. The third-order valence-electron chi connectivity index (χ3n) is 15.0. The number of halogens is 3. The number of carbonyl (C=O) groups is 1. The first-order valence-electron chi connectivity index (χ1n) is 23.7. The SMILES string of the molecule is CC(C)[Si](C#Cc1c(F)ccc2cc(O[Si](C(C)C)(C(C)C)C(C)C)cc(-c3ncc4c(N5CCCCC(=O)N5)nc(OC[C@@]56CCCN5C[C@H](F)C6)nc4c3F)c12)(C(C)C)C(C)C. The van der Waals surface area contributed by atoms with Crippen LogP contribution in [0.3, 0.4) is 0 Å². The van der Waals surface area contributed by atoms with Crippen LogP contribution in [0.4, 0.5) is 19.0 Å². The highest BCUT2D eigenvalue weighted by Crippen LogP contribution is 2.47. The van der Waals surface area contributed by atoms with Crippen LogP contribution in [0.2, 0.25) is 33.2 Å². The van der Waals surface area contributed by atoms with Crippen molar-refractivity contribution in [3.05, 3.63) is 47.7 Å². The molecule has 0 bridgehead atoms. The lowest BCUT2D eigenvalue weighted by Gasteiger charge is -2.42. The van der Waals surface area contributed by atoms with Crippen molar-refractivity contribution in [3.63, 3.8) is 0 Å². The lowest BCUT2D eigenvalue weighted by molar-refractivity contribution is -0.121. The molecule has 3 aliphatic rings. The van der Waals surface area contributed by atoms with Crippen molar-refractivity contribution >= 4 is 49.8 Å². The molecule has 346 valence electrons. The minimum atomic E-state index is -2.53. The Kier molecular flexibility index (Phi) is 13.9. The normalized spacial score (nSPS) is 20.0. The van der Waals surface area contributed by atoms with Gasteiger partial charge in [-0.2, -0.15) is 9.97 Å². The summed E-state index contributed by atoms with van der Waals surface area (Å²) in [5.74, 6) is 2.78. The van der Waals surface area contributed by atoms with E-state index >= 15 is 8.78 Å². The zero-order valence-corrected chi connectivity index (χ0v) is 42.1. The van der Waals surface area contributed by atoms with Crippen molar-refractivity contribution in [2.45, 2.75) is 167 Å². The number of hydrogen-bond acceptors (Lipinski definition) is 8. The molecule has 0 unspecified atom stereocenters. The number of nitrogens with zero attached hydrogens (tertiary/aromatic N) is 5. The Labute approximate surface area is 380 Å². The molecular formula is C50H69F3N6O3Si2. The number of benzene rings is 2. The molecule has 2 atom stereocenters. The summed E-state index contributed by atoms with van der Waals surface area (Å²) in [5.41, 5.74) is 8.26. The van der Waals surface area contributed by atoms with E-state index in [2.05, 4.69) is 105 Å². The smallest absolute Gasteiger partial charge is 0.319 e. The Morgan fingerprint density at radius 2 is 1.58 bits per heavy atom. The minimum Gasteiger partial charge on any atom is -0.543 e. The van der Waals surface area contributed by atoms with Gasteiger partial charge in [-0.1, -0.05) is 95.1 Å². The molecule has 9 nitrogen and oxygen atoms in total. The van der Waals surface area contributed by atoms with Crippen LogP contribution >= 0.6 is 0 Å². The van der Waals surface area contributed by atoms with Gasteiger partial charge in [-0.25, -0.2) is 13.2 Å². The molecule has 64 heavy (non-hydrogen) atoms. The molecule has 2 aromatic carbocycles. The van der Waals surface area contributed by atoms with Gasteiger partial charge in [0.05, 0.1) is 16.5 Å². The van der Waals surface area contributed by atoms with E-state index in [0.29, 0.717) is 77.5 Å². The fourth-order valence-electron chi connectivity index (χ4n) is 12.0. The summed E-state index contributed by atoms with van der Waals surface area (Å²) in [7, 11) is -4.87. The van der Waals surface area contributed by atoms with E-state index in [4.69, 9.17) is 24.1 Å². The van der Waals surface area contributed by atoms with Crippen LogP contribution in [-0.2, 0) is 4.79 Å². The number of hydrazine groups is 1. The van der Waals surface area contributed by atoms with E-state index in [9.17, 15) is 9.18 Å². The molecule has 1 N–H and O–H groups in total. The largest absolute Gasteiger partial charge is 0.543 e. The molecule has 0 aliphatic carbocycles. The van der Waals surface area contributed by atoms with Crippen molar-refractivity contribution in [1.29, 1.82) is 0 Å². The van der Waals surface area contributed by atoms with Gasteiger partial charge in [-0.05, 0) is 89.1 Å². The highest BCUT2D eigenvalue weighted by molar-refractivity contribution is 6.90. The predicted octanol–water partition coefficient (Wildman–Crippen LogP) is 12.2. The molecule has 1 amide bonds. The Bertz CT molecular complexity index is 2410. The van der Waals surface area contributed by atoms with Crippen molar-refractivity contribution in [2.24, 2.45) is 0 Å². The van der Waals surface area contributed by atoms with Gasteiger partial charge in [0.25, 0.3) is 8.32 Å². The molecule has 0 saturated carbocycles. The zero-order valence-electron chi connectivity index (χ0n) is 40.1. The first-order valence-corrected chi connectivity index (χ1v) is 28.1. The summed E-state index contributed by atoms with van der Waals surface area (Å²) < 4.78 is 63.1. The summed E-state index contributed by atoms with van der Waals surface area (Å²) in [6.07, 6.45) is 4.34. The van der Waals surface area contributed by atoms with Crippen LogP contribution in [0.5, 0.6) is 11.8 Å². The summed E-state index contributed by atoms with van der Waals surface area (Å²) >= 11 is 0. The topological polar surface area (TPSA) is 92.7 Å². The molecular weight excluding hydrogens is 846 g/mol. The summed E-state index contributed by atoms with van der Waals surface area (Å²) in [5, 5.41) is 3.00. The fraction of sp³-hybridized carbons (Fsp3) is 0.600. The number of hydrogen-bond donors (Lipinski definition) is 1. The Morgan fingerprint density at radius 3 is 2.23 bits per heavy atom. The average molecular weight is 915 g/mol. The van der Waals surface area contributed by atoms with Gasteiger partial charge in [-0.15, -0.1) is 5.54 Å². The van der Waals surface area contributed by atoms with Crippen molar-refractivity contribution in [2.75, 3.05) is 31.3 Å². The number of fused-ring (bicyclic) bond motifs is 3. The molecule has 3 saturated heterocycles. The van der Waals surface area contributed by atoms with Crippen LogP contribution < -0.4 is 19.6 Å². The van der Waals surface area contributed by atoms with Gasteiger partial charge in [0.1, 0.15) is 43.6 Å². The van der Waals surface area contributed by atoms with Gasteiger partial charge >= 0.3 is 6.01 Å². The number of aromatic nitrogens is 3. The van der Waals surface area contributed by atoms with E-state index in [1.54, 1.807) is 11.1 Å². The number of amides is 1. The summed E-state index contributed by atoms with van der Waals surface area (Å²) in [4.78, 5) is 29.4. The summed E-state index contributed by atoms with van der Waals surface area (Å²) in [6, 6.07) is 6.84. The van der Waals surface area contributed by atoms with Gasteiger partial charge in [0.15, 0.2) is 11.6 Å². The van der Waals surface area contributed by atoms with Crippen LogP contribution in [0, 0.1) is 23.1 Å². The standard InChI is InChI=1S/C50H69F3N6O3Si2/c1-30(2)63(31(3)4,32(5)6)23-19-39-42(52)18-17-36-24-38(62-64(33(7)8,34(9)10)35(11)12)25-40(44(36)39)46-45(53)47-41(27-54-46)48(59-22-14-13-16-43(60)57-59)56-49(55-47)61-29-50-20-15-21-58(50)28-37(51)26-50/h17-18,24-25,27,30-35,37H,13-16,20-22,26,28-29H2,1-12H3,(H,57,60)/t37-,50+/m1/s1. The van der Waals surface area contributed by atoms with Gasteiger partial charge in [-0.3, -0.25) is 25.1 Å². The number of carbonyl (C=O) groups excluding carboxylic acids is 1. The van der Waals surface area contributed by atoms with E-state index in [-0.39, 0.29) is 63.1 Å². The fourth-order valence-corrected chi connectivity index (χ4v) is 22.5. The second kappa shape index (κ2) is 18.6. The molecule has 14 heteroatoms. The van der Waals surface area contributed by atoms with Crippen LogP contribution in [0.1, 0.15) is 127 Å². The molecule has 5 heterocycles. The van der Waals surface area contributed by atoms with Crippen molar-refractivity contribution < 1.29 is 27.1 Å². The quantitative estimate of drug-likeness (QED) is 0.105. The third-order valence-corrected chi connectivity index (χ3v) is 27.3. The lowest BCUT2D eigenvalue weighted by Crippen LogP contribution is -2.50. The number of ether oxygens (including phenoxy) is 1.